The smallest absolute Gasteiger partial charge is 0.254 e. The van der Waals surface area contributed by atoms with Crippen molar-refractivity contribution in [2.24, 2.45) is 0 Å². The van der Waals surface area contributed by atoms with E-state index in [0.717, 1.165) is 18.4 Å². The number of halogens is 3. The Kier molecular flexibility index (Phi) is 4.70. The minimum absolute atomic E-state index is 0.00710. The first kappa shape index (κ1) is 19.6. The van der Waals surface area contributed by atoms with E-state index in [4.69, 9.17) is 11.6 Å². The first-order valence-electron chi connectivity index (χ1n) is 9.83. The lowest BCUT2D eigenvalue weighted by atomic mass is 9.98. The molecule has 5 nitrogen and oxygen atoms in total. The van der Waals surface area contributed by atoms with Crippen molar-refractivity contribution in [3.63, 3.8) is 0 Å². The molecule has 1 aliphatic carbocycles. The molecule has 1 fully saturated rings. The van der Waals surface area contributed by atoms with Crippen LogP contribution in [-0.4, -0.2) is 26.5 Å². The van der Waals surface area contributed by atoms with E-state index < -0.39 is 17.5 Å². The number of benzene rings is 2. The molecule has 156 valence electrons. The van der Waals surface area contributed by atoms with Crippen molar-refractivity contribution >= 4 is 23.2 Å². The van der Waals surface area contributed by atoms with Crippen molar-refractivity contribution in [3.8, 4) is 22.5 Å². The van der Waals surface area contributed by atoms with E-state index in [1.54, 1.807) is 41.8 Å². The summed E-state index contributed by atoms with van der Waals surface area (Å²) in [5, 5.41) is 11.3. The Morgan fingerprint density at radius 2 is 1.94 bits per heavy atom. The molecule has 1 amide bonds. The molecule has 4 aromatic rings. The molecular weight excluding hydrogens is 422 g/mol. The van der Waals surface area contributed by atoms with E-state index in [1.807, 2.05) is 0 Å². The van der Waals surface area contributed by atoms with Crippen molar-refractivity contribution < 1.29 is 13.6 Å². The van der Waals surface area contributed by atoms with Gasteiger partial charge in [0.1, 0.15) is 11.6 Å². The van der Waals surface area contributed by atoms with E-state index in [-0.39, 0.29) is 28.0 Å². The van der Waals surface area contributed by atoms with Crippen LogP contribution < -0.4 is 5.32 Å². The van der Waals surface area contributed by atoms with Crippen LogP contribution in [-0.2, 0) is 0 Å². The predicted octanol–water partition coefficient (Wildman–Crippen LogP) is 5.20. The lowest BCUT2D eigenvalue weighted by Gasteiger charge is -2.11. The SMILES string of the molecule is Cc1cc(F)c(C(=O)NC2CC2)cc1-c1ccn2c(-c3c(F)cccc3Cl)nnc2c1. The van der Waals surface area contributed by atoms with Gasteiger partial charge >= 0.3 is 0 Å². The number of aryl methyl sites for hydroxylation is 1. The van der Waals surface area contributed by atoms with Crippen LogP contribution in [0, 0.1) is 18.6 Å². The third-order valence-electron chi connectivity index (χ3n) is 5.38. The summed E-state index contributed by atoms with van der Waals surface area (Å²) in [5.41, 5.74) is 2.78. The fourth-order valence-corrected chi connectivity index (χ4v) is 3.84. The van der Waals surface area contributed by atoms with Gasteiger partial charge in [-0.25, -0.2) is 8.78 Å². The van der Waals surface area contributed by atoms with Gasteiger partial charge in [-0.15, -0.1) is 10.2 Å². The Labute approximate surface area is 181 Å². The number of carbonyl (C=O) groups is 1. The van der Waals surface area contributed by atoms with Gasteiger partial charge in [0.2, 0.25) is 0 Å². The number of nitrogens with one attached hydrogen (secondary N) is 1. The van der Waals surface area contributed by atoms with Crippen molar-refractivity contribution in [1.82, 2.24) is 19.9 Å². The third kappa shape index (κ3) is 3.55. The Morgan fingerprint density at radius 1 is 1.13 bits per heavy atom. The molecule has 1 saturated carbocycles. The largest absolute Gasteiger partial charge is 0.349 e. The third-order valence-corrected chi connectivity index (χ3v) is 5.69. The van der Waals surface area contributed by atoms with Gasteiger partial charge in [0.25, 0.3) is 5.91 Å². The van der Waals surface area contributed by atoms with E-state index >= 15 is 0 Å². The maximum absolute atomic E-state index is 14.5. The number of amides is 1. The second-order valence-electron chi connectivity index (χ2n) is 7.66. The first-order chi connectivity index (χ1) is 14.9. The Morgan fingerprint density at radius 3 is 2.68 bits per heavy atom. The zero-order valence-electron chi connectivity index (χ0n) is 16.5. The average molecular weight is 439 g/mol. The van der Waals surface area contributed by atoms with Gasteiger partial charge in [-0.1, -0.05) is 17.7 Å². The number of hydrogen-bond acceptors (Lipinski definition) is 3. The van der Waals surface area contributed by atoms with Crippen molar-refractivity contribution in [3.05, 3.63) is 76.4 Å². The van der Waals surface area contributed by atoms with Gasteiger partial charge in [0.05, 0.1) is 16.1 Å². The summed E-state index contributed by atoms with van der Waals surface area (Å²) in [6.07, 6.45) is 3.55. The number of aromatic nitrogens is 3. The number of fused-ring (bicyclic) bond motifs is 1. The van der Waals surface area contributed by atoms with Gasteiger partial charge in [-0.2, -0.15) is 0 Å². The highest BCUT2D eigenvalue weighted by molar-refractivity contribution is 6.33. The van der Waals surface area contributed by atoms with Crippen LogP contribution in [0.4, 0.5) is 8.78 Å². The van der Waals surface area contributed by atoms with E-state index in [0.29, 0.717) is 16.8 Å². The fourth-order valence-electron chi connectivity index (χ4n) is 3.59. The van der Waals surface area contributed by atoms with Gasteiger partial charge in [0.15, 0.2) is 11.5 Å². The highest BCUT2D eigenvalue weighted by Gasteiger charge is 2.26. The van der Waals surface area contributed by atoms with Gasteiger partial charge in [-0.05, 0) is 72.9 Å². The Balaban J connectivity index is 1.58. The quantitative estimate of drug-likeness (QED) is 0.476. The lowest BCUT2D eigenvalue weighted by Crippen LogP contribution is -2.26. The summed E-state index contributed by atoms with van der Waals surface area (Å²) in [7, 11) is 0. The molecule has 2 heterocycles. The summed E-state index contributed by atoms with van der Waals surface area (Å²) in [5.74, 6) is -1.18. The first-order valence-corrected chi connectivity index (χ1v) is 10.2. The summed E-state index contributed by atoms with van der Waals surface area (Å²) < 4.78 is 30.4. The van der Waals surface area contributed by atoms with Gasteiger partial charge < -0.3 is 5.32 Å². The number of carbonyl (C=O) groups excluding carboxylic acids is 1. The lowest BCUT2D eigenvalue weighted by molar-refractivity contribution is 0.0947. The second kappa shape index (κ2) is 7.42. The summed E-state index contributed by atoms with van der Waals surface area (Å²) >= 11 is 6.18. The molecular formula is C23H17ClF2N4O. The Hall–Kier alpha value is -3.32. The van der Waals surface area contributed by atoms with E-state index in [1.165, 1.54) is 18.2 Å². The second-order valence-corrected chi connectivity index (χ2v) is 8.07. The summed E-state index contributed by atoms with van der Waals surface area (Å²) in [4.78, 5) is 12.4. The molecule has 8 heteroatoms. The Bertz CT molecular complexity index is 1330. The van der Waals surface area contributed by atoms with Crippen LogP contribution in [0.1, 0.15) is 28.8 Å². The van der Waals surface area contributed by atoms with Crippen LogP contribution in [0.5, 0.6) is 0 Å². The van der Waals surface area contributed by atoms with Crippen LogP contribution in [0.25, 0.3) is 28.2 Å². The van der Waals surface area contributed by atoms with E-state index in [2.05, 4.69) is 15.5 Å². The molecule has 0 spiro atoms. The van der Waals surface area contributed by atoms with Crippen LogP contribution >= 0.6 is 11.6 Å². The molecule has 5 rings (SSSR count). The molecule has 0 atom stereocenters. The zero-order chi connectivity index (χ0) is 21.7. The van der Waals surface area contributed by atoms with Crippen LogP contribution in [0.2, 0.25) is 5.02 Å². The van der Waals surface area contributed by atoms with Crippen molar-refractivity contribution in [2.75, 3.05) is 0 Å². The number of pyridine rings is 1. The van der Waals surface area contributed by atoms with Crippen LogP contribution in [0.3, 0.4) is 0 Å². The molecule has 31 heavy (non-hydrogen) atoms. The zero-order valence-corrected chi connectivity index (χ0v) is 17.3. The molecule has 0 unspecified atom stereocenters. The van der Waals surface area contributed by atoms with Gasteiger partial charge in [0, 0.05) is 12.2 Å². The van der Waals surface area contributed by atoms with Crippen molar-refractivity contribution in [2.45, 2.75) is 25.8 Å². The topological polar surface area (TPSA) is 59.3 Å². The van der Waals surface area contributed by atoms with E-state index in [9.17, 15) is 13.6 Å². The maximum atomic E-state index is 14.5. The normalized spacial score (nSPS) is 13.5. The molecule has 1 aliphatic rings. The van der Waals surface area contributed by atoms with Crippen molar-refractivity contribution in [1.29, 1.82) is 0 Å². The highest BCUT2D eigenvalue weighted by Crippen LogP contribution is 2.32. The minimum Gasteiger partial charge on any atom is -0.349 e. The van der Waals surface area contributed by atoms with Gasteiger partial charge in [-0.3, -0.25) is 9.20 Å². The molecule has 2 aromatic heterocycles. The predicted molar refractivity (Wildman–Crippen MR) is 114 cm³/mol. The monoisotopic (exact) mass is 438 g/mol. The highest BCUT2D eigenvalue weighted by atomic mass is 35.5. The molecule has 0 radical (unpaired) electrons. The molecule has 0 saturated heterocycles. The van der Waals surface area contributed by atoms with Crippen LogP contribution in [0.15, 0.2) is 48.7 Å². The standard InChI is InChI=1S/C23H17ClF2N4O/c1-12-9-19(26)16(23(31)27-14-5-6-14)11-15(12)13-7-8-30-20(10-13)28-29-22(30)21-17(24)3-2-4-18(21)25/h2-4,7-11,14H,5-6H2,1H3,(H,27,31). The number of hydrogen-bond donors (Lipinski definition) is 1. The summed E-state index contributed by atoms with van der Waals surface area (Å²) in [6.45, 7) is 1.78. The molecule has 2 aromatic carbocycles. The number of nitrogens with zero attached hydrogens (tertiary/aromatic N) is 3. The molecule has 0 aliphatic heterocycles. The summed E-state index contributed by atoms with van der Waals surface area (Å²) in [6, 6.07) is 11.0. The molecule has 0 bridgehead atoms. The number of rotatable bonds is 4. The fraction of sp³-hybridized carbons (Fsp3) is 0.174. The maximum Gasteiger partial charge on any atom is 0.254 e. The average Bonchev–Trinajstić information content (AvgIpc) is 3.45. The minimum atomic E-state index is -0.556. The molecule has 1 N–H and O–H groups in total.